The molecule has 0 aromatic heterocycles. The van der Waals surface area contributed by atoms with E-state index in [0.29, 0.717) is 7.14 Å². The number of hydrogen-bond acceptors (Lipinski definition) is 7. The highest BCUT2D eigenvalue weighted by atomic mass is 127. The smallest absolute Gasteiger partial charge is 0.276 e. The third-order valence-corrected chi connectivity index (χ3v) is 6.58. The zero-order valence-corrected chi connectivity index (χ0v) is 20.3. The Labute approximate surface area is 195 Å². The molecule has 0 radical (unpaired) electrons. The molecular formula is C14H16I3N3O7. The molecule has 1 rings (SSSR count). The average Bonchev–Trinajstić information content (AvgIpc) is 2.64. The second kappa shape index (κ2) is 11.0. The lowest BCUT2D eigenvalue weighted by Gasteiger charge is -2.24. The highest BCUT2D eigenvalue weighted by Gasteiger charge is 2.30. The average molecular weight is 719 g/mol. The molecule has 0 saturated carbocycles. The van der Waals surface area contributed by atoms with Crippen molar-refractivity contribution in [3.8, 4) is 0 Å². The number of hydrogen-bond donors (Lipinski definition) is 6. The topological polar surface area (TPSA) is 159 Å². The number of amides is 3. The van der Waals surface area contributed by atoms with Gasteiger partial charge in [-0.3, -0.25) is 19.6 Å². The van der Waals surface area contributed by atoms with Crippen LogP contribution in [0.2, 0.25) is 0 Å². The Morgan fingerprint density at radius 2 is 1.56 bits per heavy atom. The van der Waals surface area contributed by atoms with Crippen molar-refractivity contribution in [1.29, 1.82) is 0 Å². The second-order valence-electron chi connectivity index (χ2n) is 5.14. The fourth-order valence-corrected chi connectivity index (χ4v) is 6.86. The summed E-state index contributed by atoms with van der Waals surface area (Å²) in [6, 6.07) is 0. The maximum absolute atomic E-state index is 12.6. The number of benzene rings is 1. The number of aliphatic hydroxyl groups excluding tert-OH is 3. The molecule has 150 valence electrons. The Morgan fingerprint density at radius 1 is 1.04 bits per heavy atom. The van der Waals surface area contributed by atoms with Gasteiger partial charge in [0.25, 0.3) is 17.7 Å². The molecule has 1 atom stereocenters. The van der Waals surface area contributed by atoms with E-state index in [2.05, 4.69) is 5.32 Å². The summed E-state index contributed by atoms with van der Waals surface area (Å²) in [5, 5.41) is 38.9. The van der Waals surface area contributed by atoms with E-state index >= 15 is 0 Å². The SMILES string of the molecule is CN(C(=O)CO)c1c(I)c(C(=O)NO)c(I)c(C(=O)NCC(O)CO)c1I. The van der Waals surface area contributed by atoms with Crippen LogP contribution in [0.4, 0.5) is 5.69 Å². The molecule has 13 heteroatoms. The van der Waals surface area contributed by atoms with Crippen molar-refractivity contribution in [2.24, 2.45) is 0 Å². The minimum atomic E-state index is -1.16. The number of nitrogens with zero attached hydrogens (tertiary/aromatic N) is 1. The molecule has 0 aliphatic carbocycles. The van der Waals surface area contributed by atoms with Gasteiger partial charge in [0.05, 0.1) is 36.7 Å². The molecule has 1 aromatic rings. The Balaban J connectivity index is 3.64. The quantitative estimate of drug-likeness (QED) is 0.128. The van der Waals surface area contributed by atoms with Crippen LogP contribution in [-0.4, -0.2) is 71.2 Å². The summed E-state index contributed by atoms with van der Waals surface area (Å²) in [7, 11) is 1.38. The van der Waals surface area contributed by atoms with E-state index in [4.69, 9.17) is 15.4 Å². The fourth-order valence-electron chi connectivity index (χ4n) is 1.99. The highest BCUT2D eigenvalue weighted by molar-refractivity contribution is 14.1. The zero-order valence-electron chi connectivity index (χ0n) is 13.8. The van der Waals surface area contributed by atoms with Gasteiger partial charge in [-0.15, -0.1) is 0 Å². The number of carbonyl (C=O) groups is 3. The lowest BCUT2D eigenvalue weighted by atomic mass is 10.1. The minimum absolute atomic E-state index is 0.0282. The van der Waals surface area contributed by atoms with E-state index < -0.39 is 37.0 Å². The lowest BCUT2D eigenvalue weighted by molar-refractivity contribution is -0.121. The number of carbonyl (C=O) groups excluding carboxylic acids is 3. The van der Waals surface area contributed by atoms with Gasteiger partial charge >= 0.3 is 0 Å². The number of aliphatic hydroxyl groups is 3. The number of anilines is 1. The summed E-state index contributed by atoms with van der Waals surface area (Å²) in [5.41, 5.74) is 1.74. The van der Waals surface area contributed by atoms with Crippen molar-refractivity contribution in [2.75, 3.05) is 31.7 Å². The molecule has 3 amide bonds. The van der Waals surface area contributed by atoms with Gasteiger partial charge in [0.1, 0.15) is 6.61 Å². The first-order valence-electron chi connectivity index (χ1n) is 7.21. The van der Waals surface area contributed by atoms with E-state index in [1.807, 2.05) is 45.2 Å². The first kappa shape index (κ1) is 24.7. The predicted octanol–water partition coefficient (Wildman–Crippen LogP) is -0.343. The van der Waals surface area contributed by atoms with Crippen LogP contribution < -0.4 is 15.7 Å². The largest absolute Gasteiger partial charge is 0.394 e. The normalized spacial score (nSPS) is 11.7. The van der Waals surface area contributed by atoms with Crippen LogP contribution in [0.25, 0.3) is 0 Å². The van der Waals surface area contributed by atoms with E-state index in [1.165, 1.54) is 12.5 Å². The maximum atomic E-state index is 12.6. The van der Waals surface area contributed by atoms with Crippen molar-refractivity contribution in [2.45, 2.75) is 6.10 Å². The van der Waals surface area contributed by atoms with Gasteiger partial charge in [0.2, 0.25) is 0 Å². The molecule has 0 aliphatic heterocycles. The second-order valence-corrected chi connectivity index (χ2v) is 8.38. The summed E-state index contributed by atoms with van der Waals surface area (Å²) in [6.45, 7) is -1.55. The summed E-state index contributed by atoms with van der Waals surface area (Å²) >= 11 is 5.42. The van der Waals surface area contributed by atoms with Crippen molar-refractivity contribution < 1.29 is 34.9 Å². The number of nitrogens with one attached hydrogen (secondary N) is 2. The van der Waals surface area contributed by atoms with Gasteiger partial charge in [-0.25, -0.2) is 5.48 Å². The standard InChI is InChI=1S/C14H16I3N3O7/c1-20(6(24)4-22)12-10(16)7(13(25)18-2-5(23)3-21)9(15)8(11(12)17)14(26)19-27/h5,21-23,27H,2-4H2,1H3,(H,18,25)(H,19,26). The van der Waals surface area contributed by atoms with Gasteiger partial charge in [0.15, 0.2) is 0 Å². The summed E-state index contributed by atoms with van der Waals surface area (Å²) in [5.74, 6) is -2.19. The van der Waals surface area contributed by atoms with Gasteiger partial charge in [-0.05, 0) is 67.8 Å². The third kappa shape index (κ3) is 5.60. The highest BCUT2D eigenvalue weighted by Crippen LogP contribution is 2.37. The van der Waals surface area contributed by atoms with Crippen molar-refractivity contribution in [1.82, 2.24) is 10.8 Å². The molecule has 0 spiro atoms. The maximum Gasteiger partial charge on any atom is 0.276 e. The molecule has 0 aliphatic rings. The lowest BCUT2D eigenvalue weighted by Crippen LogP contribution is -2.37. The number of rotatable bonds is 7. The monoisotopic (exact) mass is 719 g/mol. The van der Waals surface area contributed by atoms with Crippen LogP contribution in [0.3, 0.4) is 0 Å². The van der Waals surface area contributed by atoms with Gasteiger partial charge < -0.3 is 25.5 Å². The van der Waals surface area contributed by atoms with E-state index in [0.717, 1.165) is 4.90 Å². The summed E-state index contributed by atoms with van der Waals surface area (Å²) < 4.78 is 0.845. The van der Waals surface area contributed by atoms with Gasteiger partial charge in [-0.2, -0.15) is 0 Å². The molecule has 0 bridgehead atoms. The first-order chi connectivity index (χ1) is 12.6. The number of hydroxylamine groups is 1. The molecule has 1 unspecified atom stereocenters. The first-order valence-corrected chi connectivity index (χ1v) is 10.4. The Bertz CT molecular complexity index is 760. The van der Waals surface area contributed by atoms with Crippen molar-refractivity contribution in [3.63, 3.8) is 0 Å². The molecule has 6 N–H and O–H groups in total. The number of likely N-dealkylation sites (N-methyl/N-ethyl adjacent to an activating group) is 1. The van der Waals surface area contributed by atoms with Crippen LogP contribution in [-0.2, 0) is 4.79 Å². The Kier molecular flexibility index (Phi) is 10.1. The molecular weight excluding hydrogens is 703 g/mol. The Morgan fingerprint density at radius 3 is 2.00 bits per heavy atom. The van der Waals surface area contributed by atoms with Crippen LogP contribution in [0, 0.1) is 10.7 Å². The molecule has 0 fully saturated rings. The molecule has 27 heavy (non-hydrogen) atoms. The molecule has 0 saturated heterocycles. The summed E-state index contributed by atoms with van der Waals surface area (Å²) in [4.78, 5) is 37.8. The fraction of sp³-hybridized carbons (Fsp3) is 0.357. The third-order valence-electron chi connectivity index (χ3n) is 3.40. The predicted molar refractivity (Wildman–Crippen MR) is 120 cm³/mol. The van der Waals surface area contributed by atoms with Gasteiger partial charge in [0, 0.05) is 17.2 Å². The van der Waals surface area contributed by atoms with Crippen LogP contribution in [0.15, 0.2) is 0 Å². The summed E-state index contributed by atoms with van der Waals surface area (Å²) in [6.07, 6.45) is -1.16. The van der Waals surface area contributed by atoms with Crippen molar-refractivity contribution >= 4 is 91.2 Å². The molecule has 0 heterocycles. The van der Waals surface area contributed by atoms with E-state index in [1.54, 1.807) is 22.6 Å². The van der Waals surface area contributed by atoms with Gasteiger partial charge in [-0.1, -0.05) is 0 Å². The molecule has 1 aromatic carbocycles. The molecule has 10 nitrogen and oxygen atoms in total. The Hall–Kier alpha value is -0.340. The van der Waals surface area contributed by atoms with E-state index in [9.17, 15) is 19.5 Å². The zero-order chi connectivity index (χ0) is 20.9. The van der Waals surface area contributed by atoms with Crippen LogP contribution in [0.1, 0.15) is 20.7 Å². The van der Waals surface area contributed by atoms with E-state index in [-0.39, 0.29) is 26.9 Å². The van der Waals surface area contributed by atoms with Crippen LogP contribution in [0.5, 0.6) is 0 Å². The minimum Gasteiger partial charge on any atom is -0.394 e. The van der Waals surface area contributed by atoms with Crippen molar-refractivity contribution in [3.05, 3.63) is 21.8 Å². The van der Waals surface area contributed by atoms with Crippen LogP contribution >= 0.6 is 67.8 Å². The number of halogens is 3.